The molecule has 0 bridgehead atoms. The van der Waals surface area contributed by atoms with E-state index in [0.29, 0.717) is 6.04 Å². The number of methoxy groups -OCH3 is 1. The van der Waals surface area contributed by atoms with Crippen molar-refractivity contribution >= 4 is 0 Å². The maximum Gasteiger partial charge on any atom is 0.123 e. The van der Waals surface area contributed by atoms with Crippen LogP contribution in [0.4, 0.5) is 0 Å². The Morgan fingerprint density at radius 2 is 2.10 bits per heavy atom. The van der Waals surface area contributed by atoms with E-state index in [9.17, 15) is 0 Å². The predicted molar refractivity (Wildman–Crippen MR) is 88.0 cm³/mol. The van der Waals surface area contributed by atoms with Crippen LogP contribution < -0.4 is 10.1 Å². The average molecular weight is 286 g/mol. The first kappa shape index (κ1) is 15.6. The lowest BCUT2D eigenvalue weighted by molar-refractivity contribution is 0.408. The smallest absolute Gasteiger partial charge is 0.123 e. The van der Waals surface area contributed by atoms with Crippen LogP contribution in [0.2, 0.25) is 0 Å². The number of benzene rings is 1. The number of aromatic nitrogens is 1. The standard InChI is InChI=1S/C18H26N2O/c1-5-9-19-15(3)16-8-10-20(12-16)13-17-11-14(2)6-7-18(17)21-4/h6-8,10-12,15,19H,5,9,13H2,1-4H3. The van der Waals surface area contributed by atoms with Crippen LogP contribution >= 0.6 is 0 Å². The zero-order valence-corrected chi connectivity index (χ0v) is 13.5. The Hall–Kier alpha value is -1.74. The van der Waals surface area contributed by atoms with Crippen LogP contribution in [0.5, 0.6) is 5.75 Å². The Labute approximate surface area is 127 Å². The molecule has 1 unspecified atom stereocenters. The molecule has 21 heavy (non-hydrogen) atoms. The van der Waals surface area contributed by atoms with Gasteiger partial charge in [-0.15, -0.1) is 0 Å². The van der Waals surface area contributed by atoms with Gasteiger partial charge in [0.1, 0.15) is 5.75 Å². The van der Waals surface area contributed by atoms with Crippen molar-refractivity contribution in [3.63, 3.8) is 0 Å². The summed E-state index contributed by atoms with van der Waals surface area (Å²) in [5, 5.41) is 3.52. The van der Waals surface area contributed by atoms with E-state index in [0.717, 1.165) is 25.3 Å². The summed E-state index contributed by atoms with van der Waals surface area (Å²) in [6, 6.07) is 8.90. The van der Waals surface area contributed by atoms with Gasteiger partial charge in [-0.1, -0.05) is 24.6 Å². The highest BCUT2D eigenvalue weighted by atomic mass is 16.5. The van der Waals surface area contributed by atoms with Gasteiger partial charge >= 0.3 is 0 Å². The van der Waals surface area contributed by atoms with Crippen LogP contribution in [0.3, 0.4) is 0 Å². The first-order valence-electron chi connectivity index (χ1n) is 7.66. The van der Waals surface area contributed by atoms with E-state index in [1.54, 1.807) is 7.11 Å². The molecule has 0 fully saturated rings. The van der Waals surface area contributed by atoms with Crippen molar-refractivity contribution in [1.29, 1.82) is 0 Å². The number of ether oxygens (including phenoxy) is 1. The number of rotatable bonds is 7. The molecule has 0 aliphatic rings. The van der Waals surface area contributed by atoms with Gasteiger partial charge in [0.25, 0.3) is 0 Å². The number of hydrogen-bond donors (Lipinski definition) is 1. The van der Waals surface area contributed by atoms with Gasteiger partial charge in [0.15, 0.2) is 0 Å². The molecule has 114 valence electrons. The van der Waals surface area contributed by atoms with Crippen LogP contribution in [-0.4, -0.2) is 18.2 Å². The second-order valence-corrected chi connectivity index (χ2v) is 5.61. The van der Waals surface area contributed by atoms with Crippen molar-refractivity contribution in [2.45, 2.75) is 39.8 Å². The molecule has 0 aliphatic carbocycles. The molecule has 0 aliphatic heterocycles. The Balaban J connectivity index is 2.10. The van der Waals surface area contributed by atoms with E-state index in [2.05, 4.69) is 61.2 Å². The van der Waals surface area contributed by atoms with Gasteiger partial charge in [0.05, 0.1) is 13.7 Å². The summed E-state index contributed by atoms with van der Waals surface area (Å²) in [4.78, 5) is 0. The summed E-state index contributed by atoms with van der Waals surface area (Å²) in [6.45, 7) is 8.40. The predicted octanol–water partition coefficient (Wildman–Crippen LogP) is 3.91. The summed E-state index contributed by atoms with van der Waals surface area (Å²) >= 11 is 0. The monoisotopic (exact) mass is 286 g/mol. The van der Waals surface area contributed by atoms with Gasteiger partial charge in [0.2, 0.25) is 0 Å². The number of nitrogens with one attached hydrogen (secondary N) is 1. The van der Waals surface area contributed by atoms with E-state index in [1.165, 1.54) is 16.7 Å². The zero-order chi connectivity index (χ0) is 15.2. The second-order valence-electron chi connectivity index (χ2n) is 5.61. The highest BCUT2D eigenvalue weighted by Gasteiger charge is 2.08. The van der Waals surface area contributed by atoms with E-state index >= 15 is 0 Å². The van der Waals surface area contributed by atoms with Crippen molar-refractivity contribution in [1.82, 2.24) is 9.88 Å². The highest BCUT2D eigenvalue weighted by molar-refractivity contribution is 5.37. The van der Waals surface area contributed by atoms with Gasteiger partial charge in [-0.05, 0) is 44.5 Å². The Morgan fingerprint density at radius 3 is 2.81 bits per heavy atom. The molecule has 1 heterocycles. The van der Waals surface area contributed by atoms with Crippen molar-refractivity contribution < 1.29 is 4.74 Å². The third-order valence-corrected chi connectivity index (χ3v) is 3.76. The lowest BCUT2D eigenvalue weighted by atomic mass is 10.1. The summed E-state index contributed by atoms with van der Waals surface area (Å²) in [5.74, 6) is 0.952. The molecule has 1 atom stereocenters. The van der Waals surface area contributed by atoms with Gasteiger partial charge in [-0.3, -0.25) is 0 Å². The van der Waals surface area contributed by atoms with Crippen molar-refractivity contribution in [3.05, 3.63) is 53.3 Å². The van der Waals surface area contributed by atoms with Crippen LogP contribution in [0.25, 0.3) is 0 Å². The molecule has 1 N–H and O–H groups in total. The van der Waals surface area contributed by atoms with Crippen LogP contribution in [-0.2, 0) is 6.54 Å². The van der Waals surface area contributed by atoms with Gasteiger partial charge in [0, 0.05) is 24.0 Å². The highest BCUT2D eigenvalue weighted by Crippen LogP contribution is 2.22. The Bertz CT molecular complexity index is 574. The zero-order valence-electron chi connectivity index (χ0n) is 13.5. The van der Waals surface area contributed by atoms with Crippen molar-refractivity contribution in [2.24, 2.45) is 0 Å². The molecule has 2 aromatic rings. The lowest BCUT2D eigenvalue weighted by Crippen LogP contribution is -2.18. The summed E-state index contributed by atoms with van der Waals surface area (Å²) in [6.07, 6.45) is 5.52. The normalized spacial score (nSPS) is 12.4. The molecular formula is C18H26N2O. The van der Waals surface area contributed by atoms with E-state index < -0.39 is 0 Å². The quantitative estimate of drug-likeness (QED) is 0.835. The van der Waals surface area contributed by atoms with E-state index in [4.69, 9.17) is 4.74 Å². The first-order chi connectivity index (χ1) is 10.1. The Kier molecular flexibility index (Phi) is 5.45. The fraction of sp³-hybridized carbons (Fsp3) is 0.444. The van der Waals surface area contributed by atoms with Crippen LogP contribution in [0.15, 0.2) is 36.7 Å². The molecular weight excluding hydrogens is 260 g/mol. The Morgan fingerprint density at radius 1 is 1.29 bits per heavy atom. The SMILES string of the molecule is CCCNC(C)c1ccn(Cc2cc(C)ccc2OC)c1. The average Bonchev–Trinajstić information content (AvgIpc) is 2.93. The summed E-state index contributed by atoms with van der Waals surface area (Å²) < 4.78 is 7.67. The molecule has 3 nitrogen and oxygen atoms in total. The minimum absolute atomic E-state index is 0.394. The van der Waals surface area contributed by atoms with Gasteiger partial charge in [-0.2, -0.15) is 0 Å². The molecule has 1 aromatic heterocycles. The van der Waals surface area contributed by atoms with Crippen molar-refractivity contribution in [2.75, 3.05) is 13.7 Å². The molecule has 0 radical (unpaired) electrons. The van der Waals surface area contributed by atoms with E-state index in [1.807, 2.05) is 6.07 Å². The third kappa shape index (κ3) is 4.11. The summed E-state index contributed by atoms with van der Waals surface area (Å²) in [5.41, 5.74) is 3.81. The fourth-order valence-electron chi connectivity index (χ4n) is 2.52. The molecule has 0 saturated heterocycles. The second kappa shape index (κ2) is 7.32. The van der Waals surface area contributed by atoms with Crippen molar-refractivity contribution in [3.8, 4) is 5.75 Å². The molecule has 0 saturated carbocycles. The minimum atomic E-state index is 0.394. The van der Waals surface area contributed by atoms with Gasteiger partial charge in [-0.25, -0.2) is 0 Å². The fourth-order valence-corrected chi connectivity index (χ4v) is 2.52. The maximum atomic E-state index is 5.45. The number of hydrogen-bond acceptors (Lipinski definition) is 2. The number of aryl methyl sites for hydroxylation is 1. The third-order valence-electron chi connectivity index (χ3n) is 3.76. The first-order valence-corrected chi connectivity index (χ1v) is 7.66. The largest absolute Gasteiger partial charge is 0.496 e. The molecule has 0 spiro atoms. The number of nitrogens with zero attached hydrogens (tertiary/aromatic N) is 1. The van der Waals surface area contributed by atoms with Gasteiger partial charge < -0.3 is 14.6 Å². The molecule has 3 heteroatoms. The molecule has 0 amide bonds. The molecule has 1 aromatic carbocycles. The van der Waals surface area contributed by atoms with Crippen LogP contribution in [0.1, 0.15) is 43.0 Å². The lowest BCUT2D eigenvalue weighted by Gasteiger charge is -2.12. The van der Waals surface area contributed by atoms with E-state index in [-0.39, 0.29) is 0 Å². The topological polar surface area (TPSA) is 26.2 Å². The van der Waals surface area contributed by atoms with Crippen LogP contribution in [0, 0.1) is 6.92 Å². The minimum Gasteiger partial charge on any atom is -0.496 e. The molecule has 2 rings (SSSR count). The summed E-state index contributed by atoms with van der Waals surface area (Å²) in [7, 11) is 1.73. The maximum absolute atomic E-state index is 5.45.